The van der Waals surface area contributed by atoms with Crippen molar-refractivity contribution in [1.82, 2.24) is 5.32 Å². The summed E-state index contributed by atoms with van der Waals surface area (Å²) in [5.74, 6) is -0.502. The number of carbonyl (C=O) groups excluding carboxylic acids is 1. The fraction of sp³-hybridized carbons (Fsp3) is 0.267. The predicted octanol–water partition coefficient (Wildman–Crippen LogP) is 4.56. The molecule has 0 fully saturated rings. The first-order valence-corrected chi connectivity index (χ1v) is 12.0. The number of rotatable bonds is 11. The third kappa shape index (κ3) is 6.22. The summed E-state index contributed by atoms with van der Waals surface area (Å²) >= 11 is 0. The number of carbonyl (C=O) groups is 2. The van der Waals surface area contributed by atoms with Crippen LogP contribution >= 0.6 is 0 Å². The van der Waals surface area contributed by atoms with Crippen molar-refractivity contribution >= 4 is 24.1 Å². The summed E-state index contributed by atoms with van der Waals surface area (Å²) in [4.78, 5) is 23.5. The van der Waals surface area contributed by atoms with E-state index in [2.05, 4.69) is 5.32 Å². The van der Waals surface area contributed by atoms with Crippen molar-refractivity contribution in [2.24, 2.45) is 0 Å². The highest BCUT2D eigenvalue weighted by molar-refractivity contribution is 5.91. The van der Waals surface area contributed by atoms with Gasteiger partial charge in [0.1, 0.15) is 17.0 Å². The fourth-order valence-electron chi connectivity index (χ4n) is 4.02. The van der Waals surface area contributed by atoms with Crippen molar-refractivity contribution in [2.75, 3.05) is 27.9 Å². The van der Waals surface area contributed by atoms with Crippen LogP contribution < -0.4 is 14.8 Å². The summed E-state index contributed by atoms with van der Waals surface area (Å²) in [5.41, 5.74) is 4.39. The lowest BCUT2D eigenvalue weighted by Gasteiger charge is -2.25. The van der Waals surface area contributed by atoms with Crippen LogP contribution in [0.2, 0.25) is 0 Å². The molecule has 8 nitrogen and oxygen atoms in total. The number of methoxy groups -OCH3 is 3. The topological polar surface area (TPSA) is 114 Å². The van der Waals surface area contributed by atoms with E-state index in [1.807, 2.05) is 67.6 Å². The van der Waals surface area contributed by atoms with Crippen LogP contribution in [-0.4, -0.2) is 55.6 Å². The number of carboxylic acids is 1. The number of carboxylic acid groups (broad SMARTS) is 1. The molecule has 0 aliphatic rings. The minimum Gasteiger partial charge on any atom is -0.496 e. The summed E-state index contributed by atoms with van der Waals surface area (Å²) in [7, 11) is 4.43. The molecule has 200 valence electrons. The van der Waals surface area contributed by atoms with Gasteiger partial charge in [0.25, 0.3) is 0 Å². The molecule has 8 heteroatoms. The van der Waals surface area contributed by atoms with Crippen LogP contribution in [0.1, 0.15) is 39.5 Å². The standard InChI is InChI=1S/C30H33NO7/c1-19-21(8-7-11-24(19)22-9-6-10-23(16-22)28(33)38-5)13-12-20-14-26(36-3)25(27(15-20)37-4)17-31-30(2,18-32)29(34)35/h6-16,31-32H,17-18H2,1-5H3,(H,34,35)/b13-12+. The summed E-state index contributed by atoms with van der Waals surface area (Å²) in [6.45, 7) is 2.98. The first-order chi connectivity index (χ1) is 18.2. The van der Waals surface area contributed by atoms with E-state index in [4.69, 9.17) is 14.2 Å². The van der Waals surface area contributed by atoms with E-state index in [0.717, 1.165) is 27.8 Å². The predicted molar refractivity (Wildman–Crippen MR) is 146 cm³/mol. The van der Waals surface area contributed by atoms with Gasteiger partial charge in [0.05, 0.1) is 33.5 Å². The van der Waals surface area contributed by atoms with Crippen LogP contribution in [0.4, 0.5) is 0 Å². The molecule has 3 aromatic rings. The highest BCUT2D eigenvalue weighted by atomic mass is 16.5. The number of nitrogens with one attached hydrogen (secondary N) is 1. The summed E-state index contributed by atoms with van der Waals surface area (Å²) in [6.07, 6.45) is 3.93. The van der Waals surface area contributed by atoms with Crippen LogP contribution in [0.25, 0.3) is 23.3 Å². The molecule has 0 radical (unpaired) electrons. The van der Waals surface area contributed by atoms with Gasteiger partial charge in [0, 0.05) is 12.1 Å². The molecular weight excluding hydrogens is 486 g/mol. The van der Waals surface area contributed by atoms with Crippen molar-refractivity contribution in [1.29, 1.82) is 0 Å². The lowest BCUT2D eigenvalue weighted by Crippen LogP contribution is -2.52. The maximum absolute atomic E-state index is 12.0. The Balaban J connectivity index is 1.93. The van der Waals surface area contributed by atoms with E-state index in [0.29, 0.717) is 22.6 Å². The first kappa shape index (κ1) is 28.4. The van der Waals surface area contributed by atoms with E-state index in [-0.39, 0.29) is 12.5 Å². The van der Waals surface area contributed by atoms with Gasteiger partial charge in [-0.1, -0.05) is 42.5 Å². The minimum absolute atomic E-state index is 0.117. The number of aliphatic hydroxyl groups is 1. The Labute approximate surface area is 222 Å². The lowest BCUT2D eigenvalue weighted by molar-refractivity contribution is -0.145. The van der Waals surface area contributed by atoms with Gasteiger partial charge in [-0.15, -0.1) is 0 Å². The molecule has 0 aliphatic heterocycles. The molecule has 0 heterocycles. The zero-order valence-corrected chi connectivity index (χ0v) is 22.2. The van der Waals surface area contributed by atoms with E-state index in [9.17, 15) is 19.8 Å². The first-order valence-electron chi connectivity index (χ1n) is 12.0. The Morgan fingerprint density at radius 3 is 2.21 bits per heavy atom. The average Bonchev–Trinajstić information content (AvgIpc) is 2.94. The Bertz CT molecular complexity index is 1320. The summed E-state index contributed by atoms with van der Waals surface area (Å²) in [5, 5.41) is 21.8. The third-order valence-electron chi connectivity index (χ3n) is 6.50. The van der Waals surface area contributed by atoms with Crippen LogP contribution in [-0.2, 0) is 16.1 Å². The van der Waals surface area contributed by atoms with E-state index >= 15 is 0 Å². The number of esters is 1. The van der Waals surface area contributed by atoms with E-state index < -0.39 is 18.1 Å². The number of benzene rings is 3. The lowest BCUT2D eigenvalue weighted by atomic mass is 9.95. The second-order valence-corrected chi connectivity index (χ2v) is 8.98. The molecule has 0 saturated carbocycles. The molecule has 1 atom stereocenters. The Hall–Kier alpha value is -4.14. The van der Waals surface area contributed by atoms with Crippen LogP contribution in [0.3, 0.4) is 0 Å². The molecular formula is C30H33NO7. The van der Waals surface area contributed by atoms with Gasteiger partial charge in [-0.3, -0.25) is 10.1 Å². The molecule has 38 heavy (non-hydrogen) atoms. The molecule has 1 unspecified atom stereocenters. The van der Waals surface area contributed by atoms with E-state index in [1.165, 1.54) is 28.3 Å². The Kier molecular flexibility index (Phi) is 9.28. The molecule has 3 aromatic carbocycles. The Morgan fingerprint density at radius 1 is 0.974 bits per heavy atom. The van der Waals surface area contributed by atoms with Crippen molar-refractivity contribution in [3.05, 3.63) is 82.4 Å². The zero-order valence-electron chi connectivity index (χ0n) is 22.2. The normalized spacial score (nSPS) is 12.7. The van der Waals surface area contributed by atoms with Gasteiger partial charge >= 0.3 is 11.9 Å². The maximum Gasteiger partial charge on any atom is 0.337 e. The summed E-state index contributed by atoms with van der Waals surface area (Å²) in [6, 6.07) is 17.0. The van der Waals surface area contributed by atoms with Crippen molar-refractivity contribution < 1.29 is 34.0 Å². The summed E-state index contributed by atoms with van der Waals surface area (Å²) < 4.78 is 16.0. The molecule has 0 saturated heterocycles. The molecule has 0 bridgehead atoms. The fourth-order valence-corrected chi connectivity index (χ4v) is 4.02. The molecule has 0 spiro atoms. The number of hydrogen-bond donors (Lipinski definition) is 3. The highest BCUT2D eigenvalue weighted by Gasteiger charge is 2.32. The molecule has 0 amide bonds. The number of aliphatic hydroxyl groups excluding tert-OH is 1. The van der Waals surface area contributed by atoms with Gasteiger partial charge < -0.3 is 24.4 Å². The monoisotopic (exact) mass is 519 g/mol. The van der Waals surface area contributed by atoms with Gasteiger partial charge in [0.15, 0.2) is 0 Å². The van der Waals surface area contributed by atoms with Gasteiger partial charge in [0.2, 0.25) is 0 Å². The van der Waals surface area contributed by atoms with Crippen molar-refractivity contribution in [3.8, 4) is 22.6 Å². The van der Waals surface area contributed by atoms with Crippen LogP contribution in [0.5, 0.6) is 11.5 Å². The molecule has 3 rings (SSSR count). The number of hydrogen-bond acceptors (Lipinski definition) is 7. The van der Waals surface area contributed by atoms with E-state index in [1.54, 1.807) is 6.07 Å². The molecule has 3 N–H and O–H groups in total. The highest BCUT2D eigenvalue weighted by Crippen LogP contribution is 2.33. The van der Waals surface area contributed by atoms with Gasteiger partial charge in [-0.25, -0.2) is 4.79 Å². The second-order valence-electron chi connectivity index (χ2n) is 8.98. The number of aliphatic carboxylic acids is 1. The quantitative estimate of drug-likeness (QED) is 0.250. The van der Waals surface area contributed by atoms with Crippen molar-refractivity contribution in [2.45, 2.75) is 25.9 Å². The minimum atomic E-state index is -1.51. The molecule has 0 aromatic heterocycles. The maximum atomic E-state index is 12.0. The number of ether oxygens (including phenoxy) is 3. The van der Waals surface area contributed by atoms with Gasteiger partial charge in [-0.05, 0) is 65.9 Å². The van der Waals surface area contributed by atoms with Crippen molar-refractivity contribution in [3.63, 3.8) is 0 Å². The van der Waals surface area contributed by atoms with Crippen LogP contribution in [0, 0.1) is 6.92 Å². The Morgan fingerprint density at radius 2 is 1.63 bits per heavy atom. The smallest absolute Gasteiger partial charge is 0.337 e. The van der Waals surface area contributed by atoms with Gasteiger partial charge in [-0.2, -0.15) is 0 Å². The second kappa shape index (κ2) is 12.4. The average molecular weight is 520 g/mol. The molecule has 0 aliphatic carbocycles. The third-order valence-corrected chi connectivity index (χ3v) is 6.50. The zero-order chi connectivity index (χ0) is 27.9. The van der Waals surface area contributed by atoms with Crippen LogP contribution in [0.15, 0.2) is 54.6 Å². The SMILES string of the molecule is COC(=O)c1cccc(-c2cccc(/C=C/c3cc(OC)c(CNC(C)(CO)C(=O)O)c(OC)c3)c2C)c1. The largest absolute Gasteiger partial charge is 0.496 e.